The van der Waals surface area contributed by atoms with E-state index in [0.717, 1.165) is 0 Å². The predicted octanol–water partition coefficient (Wildman–Crippen LogP) is -0.899. The van der Waals surface area contributed by atoms with Gasteiger partial charge in [0.25, 0.3) is 0 Å². The molecule has 0 radical (unpaired) electrons. The summed E-state index contributed by atoms with van der Waals surface area (Å²) in [6, 6.07) is 0. The summed E-state index contributed by atoms with van der Waals surface area (Å²) in [4.78, 5) is 0. The van der Waals surface area contributed by atoms with Crippen LogP contribution in [0.2, 0.25) is 0 Å². The minimum atomic E-state index is 0. The Morgan fingerprint density at radius 3 is 1.00 bits per heavy atom. The van der Waals surface area contributed by atoms with Gasteiger partial charge >= 0.3 is 51.4 Å². The van der Waals surface area contributed by atoms with Crippen LogP contribution in [0.4, 0.5) is 4.70 Å². The van der Waals surface area contributed by atoms with Crippen LogP contribution in [0.5, 0.6) is 0 Å². The number of rotatable bonds is 0. The van der Waals surface area contributed by atoms with Gasteiger partial charge in [-0.05, 0) is 0 Å². The summed E-state index contributed by atoms with van der Waals surface area (Å²) < 4.78 is 0. The Morgan fingerprint density at radius 2 is 1.00 bits per heavy atom. The predicted molar refractivity (Wildman–Crippen MR) is 20.5 cm³/mol. The fourth-order valence-corrected chi connectivity index (χ4v) is 0. The first kappa shape index (κ1) is 40.9. The van der Waals surface area contributed by atoms with E-state index in [4.69, 9.17) is 0 Å². The number of hydrogen-bond donors (Lipinski definition) is 0. The second-order valence-corrected chi connectivity index (χ2v) is 0. The van der Waals surface area contributed by atoms with Gasteiger partial charge in [-0.15, -0.1) is 12.4 Å². The van der Waals surface area contributed by atoms with Crippen molar-refractivity contribution < 1.29 is 10.2 Å². The summed E-state index contributed by atoms with van der Waals surface area (Å²) >= 11 is 0. The molecule has 0 amide bonds. The van der Waals surface area contributed by atoms with E-state index in [1.165, 1.54) is 0 Å². The van der Waals surface area contributed by atoms with Crippen LogP contribution < -0.4 is 0 Å². The average Bonchev–Trinajstić information content (AvgIpc) is 0. The Hall–Kier alpha value is 1.82. The monoisotopic (exact) mass is 114 g/mol. The average molecular weight is 115 g/mol. The van der Waals surface area contributed by atoms with Gasteiger partial charge in [0.1, 0.15) is 0 Å². The molecule has 0 aliphatic carbocycles. The van der Waals surface area contributed by atoms with Gasteiger partial charge in [0.2, 0.25) is 0 Å². The van der Waals surface area contributed by atoms with Crippen molar-refractivity contribution in [2.45, 2.75) is 0 Å². The van der Waals surface area contributed by atoms with Crippen molar-refractivity contribution in [2.75, 3.05) is 0 Å². The molecule has 0 atom stereocenters. The van der Waals surface area contributed by atoms with E-state index in [0.29, 0.717) is 0 Å². The Balaban J connectivity index is 0. The molecule has 0 fully saturated rings. The molecule has 0 saturated carbocycles. The van der Waals surface area contributed by atoms with Crippen LogP contribution in [-0.4, -0.2) is 56.9 Å². The molecule has 0 bridgehead atoms. The maximum absolute atomic E-state index is 0. The fourth-order valence-electron chi connectivity index (χ4n) is 0. The molecule has 0 aliphatic rings. The van der Waals surface area contributed by atoms with E-state index in [-0.39, 0.29) is 74.0 Å². The molecule has 0 aromatic rings. The molecular formula is H5ClFKO. The molecule has 0 unspecified atom stereocenters. The SMILES string of the molecule is Cl.F.O.[KH]. The molecule has 0 aromatic heterocycles. The van der Waals surface area contributed by atoms with E-state index >= 15 is 0 Å². The van der Waals surface area contributed by atoms with Gasteiger partial charge in [0.15, 0.2) is 0 Å². The molecule has 0 rings (SSSR count). The Bertz CT molecular complexity index is 8.00. The maximum atomic E-state index is 0. The third-order valence-electron chi connectivity index (χ3n) is 0. The van der Waals surface area contributed by atoms with Crippen LogP contribution in [0, 0.1) is 0 Å². The van der Waals surface area contributed by atoms with Crippen LogP contribution in [-0.2, 0) is 0 Å². The molecule has 0 heterocycles. The summed E-state index contributed by atoms with van der Waals surface area (Å²) in [5.41, 5.74) is 0. The van der Waals surface area contributed by atoms with Crippen molar-refractivity contribution in [3.8, 4) is 0 Å². The van der Waals surface area contributed by atoms with Crippen LogP contribution in [0.3, 0.4) is 0 Å². The zero-order valence-corrected chi connectivity index (χ0v) is 2.13. The fraction of sp³-hybridized carbons (Fsp3) is 0. The van der Waals surface area contributed by atoms with Crippen molar-refractivity contribution in [3.05, 3.63) is 0 Å². The van der Waals surface area contributed by atoms with E-state index < -0.39 is 0 Å². The van der Waals surface area contributed by atoms with Gasteiger partial charge in [-0.3, -0.25) is 4.70 Å². The standard InChI is InChI=1S/ClH.FH.K.H2O.H/h2*1H;;1H2;. The molecule has 0 spiro atoms. The summed E-state index contributed by atoms with van der Waals surface area (Å²) in [5.74, 6) is 0. The first-order valence-corrected chi connectivity index (χ1v) is 0. The van der Waals surface area contributed by atoms with Crippen molar-refractivity contribution in [1.29, 1.82) is 0 Å². The number of hydrogen-bond acceptors (Lipinski definition) is 0. The molecule has 4 heavy (non-hydrogen) atoms. The van der Waals surface area contributed by atoms with E-state index in [1.54, 1.807) is 0 Å². The van der Waals surface area contributed by atoms with Gasteiger partial charge in [0, 0.05) is 0 Å². The second-order valence-electron chi connectivity index (χ2n) is 0. The summed E-state index contributed by atoms with van der Waals surface area (Å²) in [7, 11) is 0. The molecule has 0 saturated heterocycles. The Labute approximate surface area is 72.7 Å². The third-order valence-corrected chi connectivity index (χ3v) is 0. The normalized spacial score (nSPS) is 0. The van der Waals surface area contributed by atoms with E-state index in [1.807, 2.05) is 0 Å². The summed E-state index contributed by atoms with van der Waals surface area (Å²) in [6.07, 6.45) is 0. The number of halogens is 2. The van der Waals surface area contributed by atoms with Crippen molar-refractivity contribution in [2.24, 2.45) is 0 Å². The van der Waals surface area contributed by atoms with Crippen LogP contribution in [0.25, 0.3) is 0 Å². The zero-order valence-electron chi connectivity index (χ0n) is 1.32. The first-order chi connectivity index (χ1) is 0. The molecular weight excluding hydrogens is 110 g/mol. The molecule has 0 aliphatic heterocycles. The molecule has 26 valence electrons. The topological polar surface area (TPSA) is 31.5 Å². The Morgan fingerprint density at radius 1 is 1.00 bits per heavy atom. The van der Waals surface area contributed by atoms with Crippen molar-refractivity contribution >= 4 is 63.8 Å². The van der Waals surface area contributed by atoms with Gasteiger partial charge in [-0.1, -0.05) is 0 Å². The minimum absolute atomic E-state index is 0. The zero-order chi connectivity index (χ0) is 0. The summed E-state index contributed by atoms with van der Waals surface area (Å²) in [6.45, 7) is 0. The van der Waals surface area contributed by atoms with Gasteiger partial charge < -0.3 is 5.48 Å². The quantitative estimate of drug-likeness (QED) is 0.366. The molecule has 2 N–H and O–H groups in total. The summed E-state index contributed by atoms with van der Waals surface area (Å²) in [5, 5.41) is 0. The van der Waals surface area contributed by atoms with Crippen LogP contribution in [0.15, 0.2) is 0 Å². The van der Waals surface area contributed by atoms with Crippen molar-refractivity contribution in [1.82, 2.24) is 0 Å². The van der Waals surface area contributed by atoms with E-state index in [2.05, 4.69) is 0 Å². The van der Waals surface area contributed by atoms with Gasteiger partial charge in [-0.25, -0.2) is 0 Å². The third kappa shape index (κ3) is 9.18. The van der Waals surface area contributed by atoms with Crippen LogP contribution in [0.1, 0.15) is 0 Å². The van der Waals surface area contributed by atoms with Gasteiger partial charge in [-0.2, -0.15) is 0 Å². The van der Waals surface area contributed by atoms with Crippen LogP contribution >= 0.6 is 12.4 Å². The first-order valence-electron chi connectivity index (χ1n) is 0. The van der Waals surface area contributed by atoms with E-state index in [9.17, 15) is 0 Å². The van der Waals surface area contributed by atoms with Crippen molar-refractivity contribution in [3.63, 3.8) is 0 Å². The molecule has 0 aromatic carbocycles. The second kappa shape index (κ2) is 21.3. The molecule has 1 nitrogen and oxygen atoms in total. The Kier molecular flexibility index (Phi) is 217. The van der Waals surface area contributed by atoms with Gasteiger partial charge in [0.05, 0.1) is 0 Å². The molecule has 4 heteroatoms.